The van der Waals surface area contributed by atoms with E-state index in [-0.39, 0.29) is 30.6 Å². The highest BCUT2D eigenvalue weighted by Gasteiger charge is 2.31. The first kappa shape index (κ1) is 19.9. The number of rotatable bonds is 6. The molecule has 0 radical (unpaired) electrons. The minimum atomic E-state index is -0.585. The van der Waals surface area contributed by atoms with Gasteiger partial charge in [0.2, 0.25) is 5.91 Å². The average Bonchev–Trinajstić information content (AvgIpc) is 2.67. The van der Waals surface area contributed by atoms with Crippen LogP contribution in [0.3, 0.4) is 0 Å². The number of hydrogen-bond acceptors (Lipinski definition) is 3. The van der Waals surface area contributed by atoms with Crippen LogP contribution in [0.2, 0.25) is 0 Å². The number of para-hydroxylation sites is 2. The van der Waals surface area contributed by atoms with E-state index in [0.29, 0.717) is 23.5 Å². The highest BCUT2D eigenvalue weighted by molar-refractivity contribution is 6.00. The maximum atomic E-state index is 14.1. The van der Waals surface area contributed by atoms with Gasteiger partial charge in [-0.2, -0.15) is 0 Å². The fourth-order valence-corrected chi connectivity index (χ4v) is 3.32. The van der Waals surface area contributed by atoms with Crippen molar-refractivity contribution >= 4 is 17.5 Å². The van der Waals surface area contributed by atoms with Crippen molar-refractivity contribution in [3.05, 3.63) is 59.9 Å². The summed E-state index contributed by atoms with van der Waals surface area (Å²) >= 11 is 0. The smallest absolute Gasteiger partial charge is 0.267 e. The van der Waals surface area contributed by atoms with Gasteiger partial charge < -0.3 is 15.0 Å². The summed E-state index contributed by atoms with van der Waals surface area (Å²) in [5, 5.41) is 2.86. The second-order valence-electron chi connectivity index (χ2n) is 7.61. The number of carbonyl (C=O) groups is 2. The van der Waals surface area contributed by atoms with Crippen molar-refractivity contribution < 1.29 is 18.7 Å². The van der Waals surface area contributed by atoms with Crippen molar-refractivity contribution in [2.24, 2.45) is 0 Å². The zero-order valence-electron chi connectivity index (χ0n) is 16.4. The van der Waals surface area contributed by atoms with E-state index in [0.717, 1.165) is 0 Å². The molecule has 148 valence electrons. The van der Waals surface area contributed by atoms with Gasteiger partial charge in [-0.3, -0.25) is 9.59 Å². The zero-order valence-corrected chi connectivity index (χ0v) is 16.4. The van der Waals surface area contributed by atoms with Gasteiger partial charge in [0.25, 0.3) is 5.91 Å². The first-order valence-electron chi connectivity index (χ1n) is 9.38. The number of benzene rings is 2. The molecule has 1 heterocycles. The molecule has 0 aromatic heterocycles. The third-order valence-corrected chi connectivity index (χ3v) is 4.97. The Hall–Kier alpha value is -2.89. The highest BCUT2D eigenvalue weighted by atomic mass is 19.1. The number of nitrogens with zero attached hydrogens (tertiary/aromatic N) is 1. The van der Waals surface area contributed by atoms with E-state index in [4.69, 9.17) is 4.74 Å². The summed E-state index contributed by atoms with van der Waals surface area (Å²) in [7, 11) is 0. The topological polar surface area (TPSA) is 58.6 Å². The van der Waals surface area contributed by atoms with Crippen molar-refractivity contribution in [2.45, 2.75) is 38.7 Å². The third-order valence-electron chi connectivity index (χ3n) is 4.97. The van der Waals surface area contributed by atoms with Crippen LogP contribution in [-0.4, -0.2) is 31.0 Å². The molecule has 0 saturated heterocycles. The molecule has 0 saturated carbocycles. The van der Waals surface area contributed by atoms with E-state index in [2.05, 4.69) is 5.32 Å². The number of fused-ring (bicyclic) bond motifs is 1. The van der Waals surface area contributed by atoms with Crippen LogP contribution < -0.4 is 15.0 Å². The molecule has 0 fully saturated rings. The molecule has 1 N–H and O–H groups in total. The predicted molar refractivity (Wildman–Crippen MR) is 106 cm³/mol. The van der Waals surface area contributed by atoms with Gasteiger partial charge in [0, 0.05) is 24.9 Å². The molecule has 1 aliphatic rings. The second kappa shape index (κ2) is 8.00. The molecular weight excluding hydrogens is 359 g/mol. The molecule has 2 aromatic carbocycles. The Balaban J connectivity index is 1.60. The van der Waals surface area contributed by atoms with E-state index in [1.165, 1.54) is 6.07 Å². The number of carbonyl (C=O) groups excluding carboxylic acids is 2. The van der Waals surface area contributed by atoms with Crippen LogP contribution in [0.15, 0.2) is 48.5 Å². The molecule has 0 bridgehead atoms. The highest BCUT2D eigenvalue weighted by Crippen LogP contribution is 2.33. The molecule has 6 heteroatoms. The average molecular weight is 384 g/mol. The summed E-state index contributed by atoms with van der Waals surface area (Å²) in [6.45, 7) is 6.03. The van der Waals surface area contributed by atoms with E-state index in [9.17, 15) is 14.0 Å². The van der Waals surface area contributed by atoms with Gasteiger partial charge in [-0.1, -0.05) is 44.2 Å². The Bertz CT molecular complexity index is 882. The quantitative estimate of drug-likeness (QED) is 0.830. The van der Waals surface area contributed by atoms with Gasteiger partial charge in [-0.25, -0.2) is 4.39 Å². The van der Waals surface area contributed by atoms with Crippen LogP contribution in [0, 0.1) is 5.82 Å². The summed E-state index contributed by atoms with van der Waals surface area (Å²) in [6, 6.07) is 13.9. The largest absolute Gasteiger partial charge is 0.479 e. The molecule has 2 amide bonds. The van der Waals surface area contributed by atoms with Crippen molar-refractivity contribution in [3.63, 3.8) is 0 Å². The van der Waals surface area contributed by atoms with Gasteiger partial charge in [0.15, 0.2) is 6.10 Å². The van der Waals surface area contributed by atoms with Crippen molar-refractivity contribution in [2.75, 3.05) is 18.0 Å². The third kappa shape index (κ3) is 4.16. The molecule has 5 nitrogen and oxygen atoms in total. The molecule has 3 rings (SSSR count). The number of amides is 2. The van der Waals surface area contributed by atoms with Crippen molar-refractivity contribution in [3.8, 4) is 5.75 Å². The lowest BCUT2D eigenvalue weighted by Crippen LogP contribution is -2.46. The van der Waals surface area contributed by atoms with Gasteiger partial charge >= 0.3 is 0 Å². The van der Waals surface area contributed by atoms with E-state index < -0.39 is 11.5 Å². The van der Waals surface area contributed by atoms with E-state index in [1.807, 2.05) is 32.0 Å². The fourth-order valence-electron chi connectivity index (χ4n) is 3.32. The molecule has 1 aliphatic heterocycles. The Morgan fingerprint density at radius 2 is 1.86 bits per heavy atom. The van der Waals surface area contributed by atoms with Crippen LogP contribution in [-0.2, 0) is 15.0 Å². The molecule has 0 aliphatic carbocycles. The maximum absolute atomic E-state index is 14.1. The Kier molecular flexibility index (Phi) is 5.68. The number of ether oxygens (including phenoxy) is 1. The van der Waals surface area contributed by atoms with Crippen molar-refractivity contribution in [1.82, 2.24) is 5.32 Å². The Morgan fingerprint density at radius 1 is 1.18 bits per heavy atom. The van der Waals surface area contributed by atoms with Gasteiger partial charge in [-0.15, -0.1) is 0 Å². The van der Waals surface area contributed by atoms with Crippen LogP contribution in [0.1, 0.15) is 32.8 Å². The lowest BCUT2D eigenvalue weighted by molar-refractivity contribution is -0.125. The summed E-state index contributed by atoms with van der Waals surface area (Å²) in [5.74, 6) is -0.00558. The predicted octanol–water partition coefficient (Wildman–Crippen LogP) is 3.42. The van der Waals surface area contributed by atoms with Crippen LogP contribution in [0.4, 0.5) is 10.1 Å². The first-order chi connectivity index (χ1) is 13.3. The maximum Gasteiger partial charge on any atom is 0.267 e. The Morgan fingerprint density at radius 3 is 2.61 bits per heavy atom. The molecule has 2 aromatic rings. The first-order valence-corrected chi connectivity index (χ1v) is 9.38. The summed E-state index contributed by atoms with van der Waals surface area (Å²) in [4.78, 5) is 26.4. The Labute approximate surface area is 164 Å². The lowest BCUT2D eigenvalue weighted by Gasteiger charge is -2.33. The van der Waals surface area contributed by atoms with E-state index in [1.54, 1.807) is 36.1 Å². The molecule has 1 atom stereocenters. The van der Waals surface area contributed by atoms with E-state index >= 15 is 0 Å². The summed E-state index contributed by atoms with van der Waals surface area (Å²) < 4.78 is 19.7. The second-order valence-corrected chi connectivity index (χ2v) is 7.61. The molecule has 1 unspecified atom stereocenters. The normalized spacial score (nSPS) is 16.4. The number of anilines is 1. The standard InChI is InChI=1S/C22H25FN2O3/c1-15-21(27)25(18-10-6-7-11-19(18)28-15)13-12-20(26)24-14-22(2,3)16-8-4-5-9-17(16)23/h4-11,15H,12-14H2,1-3H3,(H,24,26). The number of hydrogen-bond donors (Lipinski definition) is 1. The van der Waals surface area contributed by atoms with Gasteiger partial charge in [-0.05, 0) is 30.7 Å². The SMILES string of the molecule is CC1Oc2ccccc2N(CCC(=O)NCC(C)(C)c2ccccc2F)C1=O. The molecular formula is C22H25FN2O3. The molecule has 0 spiro atoms. The molecule has 28 heavy (non-hydrogen) atoms. The van der Waals surface area contributed by atoms with Gasteiger partial charge in [0.05, 0.1) is 5.69 Å². The fraction of sp³-hybridized carbons (Fsp3) is 0.364. The van der Waals surface area contributed by atoms with Gasteiger partial charge in [0.1, 0.15) is 11.6 Å². The minimum Gasteiger partial charge on any atom is -0.479 e. The number of nitrogens with one attached hydrogen (secondary N) is 1. The van der Waals surface area contributed by atoms with Crippen LogP contribution in [0.5, 0.6) is 5.75 Å². The monoisotopic (exact) mass is 384 g/mol. The number of halogens is 1. The summed E-state index contributed by atoms with van der Waals surface area (Å²) in [6.07, 6.45) is -0.432. The van der Waals surface area contributed by atoms with Crippen molar-refractivity contribution in [1.29, 1.82) is 0 Å². The lowest BCUT2D eigenvalue weighted by atomic mass is 9.84. The van der Waals surface area contributed by atoms with Crippen LogP contribution in [0.25, 0.3) is 0 Å². The van der Waals surface area contributed by atoms with Crippen LogP contribution >= 0.6 is 0 Å². The zero-order chi connectivity index (χ0) is 20.3. The summed E-state index contributed by atoms with van der Waals surface area (Å²) in [5.41, 5.74) is 0.683. The minimum absolute atomic E-state index is 0.153.